The van der Waals surface area contributed by atoms with Crippen LogP contribution in [-0.2, 0) is 4.74 Å². The molecule has 3 aromatic rings. The Morgan fingerprint density at radius 3 is 2.59 bits per heavy atom. The van der Waals surface area contributed by atoms with Crippen LogP contribution in [0.1, 0.15) is 27.9 Å². The Kier molecular flexibility index (Phi) is 4.61. The summed E-state index contributed by atoms with van der Waals surface area (Å²) in [6, 6.07) is 12.0. The molecule has 7 heteroatoms. The van der Waals surface area contributed by atoms with E-state index in [4.69, 9.17) is 9.15 Å². The highest BCUT2D eigenvalue weighted by atomic mass is 16.5. The molecule has 2 aromatic heterocycles. The van der Waals surface area contributed by atoms with E-state index in [1.54, 1.807) is 35.4 Å². The smallest absolute Gasteiger partial charge is 0.291 e. The Labute approximate surface area is 167 Å². The molecule has 0 radical (unpaired) electrons. The lowest BCUT2D eigenvalue weighted by Gasteiger charge is -2.30. The molecule has 5 rings (SSSR count). The number of benzene rings is 1. The minimum atomic E-state index is -0.541. The fourth-order valence-electron chi connectivity index (χ4n) is 4.12. The number of nitrogens with zero attached hydrogens (tertiary/aromatic N) is 3. The summed E-state index contributed by atoms with van der Waals surface area (Å²) in [6.07, 6.45) is 1.68. The number of carbonyl (C=O) groups is 1. The standard InChI is InChI=1S/C22H21N3O4/c26-20-15-5-1-2-7-17(15)29-21-18(20)19(16-6-3-4-8-23-16)25(22(21)27)10-9-24-11-13-28-14-12-24/h1-8,19H,9-14H2. The van der Waals surface area contributed by atoms with Crippen LogP contribution >= 0.6 is 0 Å². The number of hydrogen-bond donors (Lipinski definition) is 0. The average molecular weight is 391 g/mol. The first-order chi connectivity index (χ1) is 14.2. The number of pyridine rings is 1. The second-order valence-corrected chi connectivity index (χ2v) is 7.28. The third-order valence-electron chi connectivity index (χ3n) is 5.60. The minimum Gasteiger partial charge on any atom is -0.450 e. The van der Waals surface area contributed by atoms with Gasteiger partial charge in [-0.2, -0.15) is 0 Å². The van der Waals surface area contributed by atoms with Crippen molar-refractivity contribution in [1.29, 1.82) is 0 Å². The molecule has 0 bridgehead atoms. The van der Waals surface area contributed by atoms with Gasteiger partial charge in [-0.1, -0.05) is 18.2 Å². The maximum Gasteiger partial charge on any atom is 0.291 e. The zero-order valence-corrected chi connectivity index (χ0v) is 15.9. The Morgan fingerprint density at radius 1 is 1.00 bits per heavy atom. The quantitative estimate of drug-likeness (QED) is 0.678. The first-order valence-corrected chi connectivity index (χ1v) is 9.82. The SMILES string of the molecule is O=C1c2oc3ccccc3c(=O)c2C(c2ccccn2)N1CCN1CCOCC1. The summed E-state index contributed by atoms with van der Waals surface area (Å²) in [5, 5.41) is 0.481. The Bertz CT molecular complexity index is 1110. The molecule has 0 saturated carbocycles. The molecule has 0 spiro atoms. The Hall–Kier alpha value is -3.03. The van der Waals surface area contributed by atoms with Crippen LogP contribution in [0.2, 0.25) is 0 Å². The topological polar surface area (TPSA) is 75.9 Å². The molecule has 0 aliphatic carbocycles. The molecule has 1 aromatic carbocycles. The third kappa shape index (κ3) is 3.12. The fraction of sp³-hybridized carbons (Fsp3) is 0.318. The summed E-state index contributed by atoms with van der Waals surface area (Å²) < 4.78 is 11.3. The zero-order chi connectivity index (χ0) is 19.8. The van der Waals surface area contributed by atoms with Crippen molar-refractivity contribution in [3.05, 3.63) is 75.9 Å². The van der Waals surface area contributed by atoms with Gasteiger partial charge in [0.25, 0.3) is 5.91 Å². The number of para-hydroxylation sites is 1. The number of carbonyl (C=O) groups excluding carboxylic acids is 1. The van der Waals surface area contributed by atoms with Crippen LogP contribution in [0.25, 0.3) is 11.0 Å². The molecule has 2 aliphatic heterocycles. The average Bonchev–Trinajstić information content (AvgIpc) is 3.06. The number of amides is 1. The lowest BCUT2D eigenvalue weighted by atomic mass is 10.0. The number of rotatable bonds is 4. The normalized spacial score (nSPS) is 19.7. The summed E-state index contributed by atoms with van der Waals surface area (Å²) in [5.74, 6) is -0.127. The van der Waals surface area contributed by atoms with Crippen molar-refractivity contribution >= 4 is 16.9 Å². The molecule has 1 amide bonds. The molecule has 2 aliphatic rings. The van der Waals surface area contributed by atoms with E-state index in [1.165, 1.54) is 0 Å². The van der Waals surface area contributed by atoms with Gasteiger partial charge in [0.1, 0.15) is 11.6 Å². The highest BCUT2D eigenvalue weighted by Gasteiger charge is 2.43. The van der Waals surface area contributed by atoms with Gasteiger partial charge in [-0.15, -0.1) is 0 Å². The van der Waals surface area contributed by atoms with Crippen LogP contribution in [0, 0.1) is 0 Å². The number of fused-ring (bicyclic) bond motifs is 2. The maximum absolute atomic E-state index is 13.3. The summed E-state index contributed by atoms with van der Waals surface area (Å²) >= 11 is 0. The molecule has 0 N–H and O–H groups in total. The van der Waals surface area contributed by atoms with Crippen molar-refractivity contribution in [3.63, 3.8) is 0 Å². The molecule has 1 fully saturated rings. The van der Waals surface area contributed by atoms with Crippen molar-refractivity contribution in [2.75, 3.05) is 39.4 Å². The van der Waals surface area contributed by atoms with Gasteiger partial charge in [-0.05, 0) is 24.3 Å². The Balaban J connectivity index is 1.58. The number of aromatic nitrogens is 1. The van der Waals surface area contributed by atoms with Gasteiger partial charge < -0.3 is 14.1 Å². The van der Waals surface area contributed by atoms with E-state index >= 15 is 0 Å². The minimum absolute atomic E-state index is 0.131. The van der Waals surface area contributed by atoms with Crippen molar-refractivity contribution in [2.45, 2.75) is 6.04 Å². The van der Waals surface area contributed by atoms with Crippen molar-refractivity contribution in [2.24, 2.45) is 0 Å². The van der Waals surface area contributed by atoms with Gasteiger partial charge in [-0.25, -0.2) is 0 Å². The number of hydrogen-bond acceptors (Lipinski definition) is 6. The lowest BCUT2D eigenvalue weighted by Crippen LogP contribution is -2.42. The van der Waals surface area contributed by atoms with E-state index in [0.717, 1.165) is 13.1 Å². The monoisotopic (exact) mass is 391 g/mol. The molecule has 1 atom stereocenters. The number of ether oxygens (including phenoxy) is 1. The van der Waals surface area contributed by atoms with E-state index in [2.05, 4.69) is 9.88 Å². The number of morpholine rings is 1. The van der Waals surface area contributed by atoms with Gasteiger partial charge >= 0.3 is 0 Å². The van der Waals surface area contributed by atoms with Gasteiger partial charge in [0, 0.05) is 32.4 Å². The highest BCUT2D eigenvalue weighted by molar-refractivity contribution is 5.98. The largest absolute Gasteiger partial charge is 0.450 e. The zero-order valence-electron chi connectivity index (χ0n) is 15.9. The second-order valence-electron chi connectivity index (χ2n) is 7.28. The fourth-order valence-corrected chi connectivity index (χ4v) is 4.12. The van der Waals surface area contributed by atoms with Gasteiger partial charge in [0.15, 0.2) is 5.43 Å². The van der Waals surface area contributed by atoms with Crippen molar-refractivity contribution < 1.29 is 13.9 Å². The van der Waals surface area contributed by atoms with E-state index < -0.39 is 6.04 Å². The van der Waals surface area contributed by atoms with Crippen LogP contribution < -0.4 is 5.43 Å². The summed E-state index contributed by atoms with van der Waals surface area (Å²) in [6.45, 7) is 4.27. The van der Waals surface area contributed by atoms with Crippen molar-refractivity contribution in [1.82, 2.24) is 14.8 Å². The predicted molar refractivity (Wildman–Crippen MR) is 107 cm³/mol. The van der Waals surface area contributed by atoms with Crippen LogP contribution in [0.15, 0.2) is 57.9 Å². The van der Waals surface area contributed by atoms with E-state index in [9.17, 15) is 9.59 Å². The van der Waals surface area contributed by atoms with Crippen LogP contribution in [0.5, 0.6) is 0 Å². The summed E-state index contributed by atoms with van der Waals surface area (Å²) in [7, 11) is 0. The van der Waals surface area contributed by atoms with Gasteiger partial charge in [0.05, 0.1) is 29.9 Å². The second kappa shape index (κ2) is 7.42. The predicted octanol–water partition coefficient (Wildman–Crippen LogP) is 2.07. The first-order valence-electron chi connectivity index (χ1n) is 9.82. The highest BCUT2D eigenvalue weighted by Crippen LogP contribution is 2.37. The molecular weight excluding hydrogens is 370 g/mol. The van der Waals surface area contributed by atoms with Gasteiger partial charge in [0.2, 0.25) is 5.76 Å². The maximum atomic E-state index is 13.3. The van der Waals surface area contributed by atoms with E-state index in [1.807, 2.05) is 18.2 Å². The Morgan fingerprint density at radius 2 is 1.79 bits per heavy atom. The van der Waals surface area contributed by atoms with Crippen molar-refractivity contribution in [3.8, 4) is 0 Å². The van der Waals surface area contributed by atoms with Crippen LogP contribution in [0.3, 0.4) is 0 Å². The molecular formula is C22H21N3O4. The molecule has 148 valence electrons. The van der Waals surface area contributed by atoms with Crippen LogP contribution in [-0.4, -0.2) is 60.1 Å². The third-order valence-corrected chi connectivity index (χ3v) is 5.60. The van der Waals surface area contributed by atoms with E-state index in [0.29, 0.717) is 48.5 Å². The summed E-state index contributed by atoms with van der Waals surface area (Å²) in [5.41, 5.74) is 1.32. The lowest BCUT2D eigenvalue weighted by molar-refractivity contribution is 0.0314. The molecule has 7 nitrogen and oxygen atoms in total. The molecule has 1 unspecified atom stereocenters. The summed E-state index contributed by atoms with van der Waals surface area (Å²) in [4.78, 5) is 35.0. The van der Waals surface area contributed by atoms with E-state index in [-0.39, 0.29) is 17.1 Å². The van der Waals surface area contributed by atoms with Crippen LogP contribution in [0.4, 0.5) is 0 Å². The molecule has 4 heterocycles. The first kappa shape index (κ1) is 18.0. The molecule has 1 saturated heterocycles. The van der Waals surface area contributed by atoms with Gasteiger partial charge in [-0.3, -0.25) is 19.5 Å². The molecule has 29 heavy (non-hydrogen) atoms.